The summed E-state index contributed by atoms with van der Waals surface area (Å²) in [7, 11) is 0. The van der Waals surface area contributed by atoms with Crippen LogP contribution in [0.15, 0.2) is 59.3 Å². The molecule has 0 fully saturated rings. The third kappa shape index (κ3) is 3.07. The maximum atomic E-state index is 4.23. The number of hydrogen-bond donors (Lipinski definition) is 0. The molecule has 2 heterocycles. The topological polar surface area (TPSA) is 50.5 Å². The van der Waals surface area contributed by atoms with Crippen molar-refractivity contribution in [1.29, 1.82) is 0 Å². The Morgan fingerprint density at radius 2 is 1.06 bits per heavy atom. The van der Waals surface area contributed by atoms with Gasteiger partial charge in [0, 0.05) is 35.9 Å². The van der Waals surface area contributed by atoms with Crippen LogP contribution in [0, 0.1) is 0 Å². The maximum Gasteiger partial charge on any atom is 0.0673 e. The van der Waals surface area contributed by atoms with Crippen LogP contribution in [0.5, 0.6) is 0 Å². The van der Waals surface area contributed by atoms with E-state index in [1.165, 1.54) is 0 Å². The number of aromatic nitrogens is 2. The highest BCUT2D eigenvalue weighted by atomic mass is 15.2. The van der Waals surface area contributed by atoms with Crippen LogP contribution in [-0.2, 0) is 0 Å². The molecule has 0 spiro atoms. The summed E-state index contributed by atoms with van der Waals surface area (Å²) in [4.78, 5) is 7.95. The Morgan fingerprint density at radius 3 is 1.39 bits per heavy atom. The van der Waals surface area contributed by atoms with Crippen LogP contribution in [0.2, 0.25) is 0 Å². The summed E-state index contributed by atoms with van der Waals surface area (Å²) in [5.41, 5.74) is 3.78. The Kier molecular flexibility index (Phi) is 3.91. The van der Waals surface area contributed by atoms with Crippen LogP contribution in [0.3, 0.4) is 0 Å². The fourth-order valence-corrected chi connectivity index (χ4v) is 1.45. The van der Waals surface area contributed by atoms with Crippen molar-refractivity contribution in [2.45, 2.75) is 13.8 Å². The van der Waals surface area contributed by atoms with Crippen molar-refractivity contribution in [2.75, 3.05) is 0 Å². The lowest BCUT2D eigenvalue weighted by molar-refractivity contribution is 1.21. The zero-order valence-corrected chi connectivity index (χ0v) is 10.4. The van der Waals surface area contributed by atoms with Gasteiger partial charge in [-0.3, -0.25) is 9.97 Å². The molecule has 0 aromatic carbocycles. The third-order valence-corrected chi connectivity index (χ3v) is 2.55. The Labute approximate surface area is 106 Å². The summed E-state index contributed by atoms with van der Waals surface area (Å²) in [5, 5.41) is 8.45. The Balaban J connectivity index is 2.20. The van der Waals surface area contributed by atoms with E-state index >= 15 is 0 Å². The summed E-state index contributed by atoms with van der Waals surface area (Å²) < 4.78 is 0. The van der Waals surface area contributed by atoms with Crippen molar-refractivity contribution in [1.82, 2.24) is 9.97 Å². The first-order valence-corrected chi connectivity index (χ1v) is 5.67. The zero-order chi connectivity index (χ0) is 12.8. The van der Waals surface area contributed by atoms with Crippen molar-refractivity contribution in [3.8, 4) is 0 Å². The minimum absolute atomic E-state index is 0.866. The molecule has 4 nitrogen and oxygen atoms in total. The maximum absolute atomic E-state index is 4.23. The predicted octanol–water partition coefficient (Wildman–Crippen LogP) is 2.71. The average Bonchev–Trinajstić information content (AvgIpc) is 2.46. The van der Waals surface area contributed by atoms with Gasteiger partial charge in [0.2, 0.25) is 0 Å². The minimum atomic E-state index is 0.866. The first-order chi connectivity index (χ1) is 8.77. The molecule has 0 amide bonds. The molecule has 0 saturated heterocycles. The second-order valence-electron chi connectivity index (χ2n) is 3.84. The number of hydrogen-bond acceptors (Lipinski definition) is 4. The van der Waals surface area contributed by atoms with Crippen molar-refractivity contribution in [3.05, 3.63) is 60.2 Å². The normalized spacial score (nSPS) is 12.6. The first kappa shape index (κ1) is 12.1. The molecule has 90 valence electrons. The van der Waals surface area contributed by atoms with Gasteiger partial charge in [0.15, 0.2) is 0 Å². The Morgan fingerprint density at radius 1 is 0.722 bits per heavy atom. The lowest BCUT2D eigenvalue weighted by Gasteiger charge is -1.99. The number of pyridine rings is 2. The van der Waals surface area contributed by atoms with Crippen molar-refractivity contribution < 1.29 is 0 Å². The highest BCUT2D eigenvalue weighted by molar-refractivity contribution is 6.01. The largest absolute Gasteiger partial charge is 0.265 e. The van der Waals surface area contributed by atoms with Gasteiger partial charge in [0.25, 0.3) is 0 Å². The van der Waals surface area contributed by atoms with Gasteiger partial charge in [-0.05, 0) is 38.1 Å². The highest BCUT2D eigenvalue weighted by Crippen LogP contribution is 2.02. The standard InChI is InChI=1S/C14H14N4/c1-11(13-3-7-15-8-4-13)17-18-12(2)14-5-9-16-10-6-14/h3-10H,1-2H3. The van der Waals surface area contributed by atoms with E-state index in [4.69, 9.17) is 0 Å². The van der Waals surface area contributed by atoms with E-state index in [1.807, 2.05) is 38.1 Å². The molecule has 0 N–H and O–H groups in total. The minimum Gasteiger partial charge on any atom is -0.265 e. The van der Waals surface area contributed by atoms with Crippen molar-refractivity contribution in [2.24, 2.45) is 10.2 Å². The van der Waals surface area contributed by atoms with E-state index < -0.39 is 0 Å². The second-order valence-corrected chi connectivity index (χ2v) is 3.84. The summed E-state index contributed by atoms with van der Waals surface area (Å²) in [6, 6.07) is 7.65. The van der Waals surface area contributed by atoms with Crippen LogP contribution in [0.1, 0.15) is 25.0 Å². The molecule has 0 aliphatic heterocycles. The fourth-order valence-electron chi connectivity index (χ4n) is 1.45. The van der Waals surface area contributed by atoms with Crippen molar-refractivity contribution in [3.63, 3.8) is 0 Å². The number of rotatable bonds is 3. The second kappa shape index (κ2) is 5.82. The van der Waals surface area contributed by atoms with Gasteiger partial charge in [0.05, 0.1) is 11.4 Å². The first-order valence-electron chi connectivity index (χ1n) is 5.67. The van der Waals surface area contributed by atoms with Crippen LogP contribution in [0.25, 0.3) is 0 Å². The van der Waals surface area contributed by atoms with Gasteiger partial charge < -0.3 is 0 Å². The number of nitrogens with zero attached hydrogens (tertiary/aromatic N) is 4. The van der Waals surface area contributed by atoms with Gasteiger partial charge in [0.1, 0.15) is 0 Å². The zero-order valence-electron chi connectivity index (χ0n) is 10.4. The summed E-state index contributed by atoms with van der Waals surface area (Å²) in [6.45, 7) is 3.86. The molecule has 0 aliphatic rings. The summed E-state index contributed by atoms with van der Waals surface area (Å²) in [5.74, 6) is 0. The van der Waals surface area contributed by atoms with E-state index in [1.54, 1.807) is 24.8 Å². The Bertz CT molecular complexity index is 505. The SMILES string of the molecule is CC(=NN=C(C)c1ccncc1)c1ccncc1. The van der Waals surface area contributed by atoms with Crippen molar-refractivity contribution >= 4 is 11.4 Å². The van der Waals surface area contributed by atoms with Crippen LogP contribution >= 0.6 is 0 Å². The van der Waals surface area contributed by atoms with E-state index in [0.29, 0.717) is 0 Å². The third-order valence-electron chi connectivity index (χ3n) is 2.55. The molecule has 4 heteroatoms. The summed E-state index contributed by atoms with van der Waals surface area (Å²) >= 11 is 0. The van der Waals surface area contributed by atoms with Crippen LogP contribution < -0.4 is 0 Å². The van der Waals surface area contributed by atoms with E-state index in [-0.39, 0.29) is 0 Å². The van der Waals surface area contributed by atoms with Gasteiger partial charge in [-0.1, -0.05) is 0 Å². The van der Waals surface area contributed by atoms with Gasteiger partial charge in [-0.15, -0.1) is 0 Å². The molecule has 2 rings (SSSR count). The lowest BCUT2D eigenvalue weighted by atomic mass is 10.2. The molecule has 0 bridgehead atoms. The van der Waals surface area contributed by atoms with Crippen LogP contribution in [0.4, 0.5) is 0 Å². The smallest absolute Gasteiger partial charge is 0.0673 e. The molecule has 0 radical (unpaired) electrons. The average molecular weight is 238 g/mol. The molecule has 0 aliphatic carbocycles. The summed E-state index contributed by atoms with van der Waals surface area (Å²) in [6.07, 6.45) is 6.98. The molecule has 18 heavy (non-hydrogen) atoms. The quantitative estimate of drug-likeness (QED) is 0.609. The molecular formula is C14H14N4. The van der Waals surface area contributed by atoms with Gasteiger partial charge >= 0.3 is 0 Å². The predicted molar refractivity (Wildman–Crippen MR) is 72.9 cm³/mol. The molecule has 0 atom stereocenters. The highest BCUT2D eigenvalue weighted by Gasteiger charge is 1.97. The van der Waals surface area contributed by atoms with E-state index in [9.17, 15) is 0 Å². The monoisotopic (exact) mass is 238 g/mol. The van der Waals surface area contributed by atoms with E-state index in [0.717, 1.165) is 22.6 Å². The van der Waals surface area contributed by atoms with Gasteiger partial charge in [-0.2, -0.15) is 10.2 Å². The molecule has 2 aromatic rings. The molecular weight excluding hydrogens is 224 g/mol. The van der Waals surface area contributed by atoms with E-state index in [2.05, 4.69) is 20.2 Å². The van der Waals surface area contributed by atoms with Crippen LogP contribution in [-0.4, -0.2) is 21.4 Å². The molecule has 0 saturated carbocycles. The lowest BCUT2D eigenvalue weighted by Crippen LogP contribution is -1.97. The molecule has 0 unspecified atom stereocenters. The molecule has 2 aromatic heterocycles. The van der Waals surface area contributed by atoms with Gasteiger partial charge in [-0.25, -0.2) is 0 Å². The fraction of sp³-hybridized carbons (Fsp3) is 0.143. The Hall–Kier alpha value is -2.36.